The highest BCUT2D eigenvalue weighted by atomic mass is 19.1. The number of nitrogens with one attached hydrogen (secondary N) is 1. The van der Waals surface area contributed by atoms with E-state index in [1.165, 1.54) is 11.6 Å². The first-order chi connectivity index (χ1) is 13.3. The van der Waals surface area contributed by atoms with Gasteiger partial charge in [-0.25, -0.2) is 14.4 Å². The molecule has 0 saturated carbocycles. The Morgan fingerprint density at radius 3 is 2.48 bits per heavy atom. The minimum Gasteiger partial charge on any atom is -0.380 e. The molecule has 1 N–H and O–H groups in total. The maximum absolute atomic E-state index is 13.8. The lowest BCUT2D eigenvalue weighted by Gasteiger charge is -2.33. The third-order valence-electron chi connectivity index (χ3n) is 4.95. The summed E-state index contributed by atoms with van der Waals surface area (Å²) >= 11 is 0. The Morgan fingerprint density at radius 2 is 1.70 bits per heavy atom. The average Bonchev–Trinajstić information content (AvgIpc) is 2.71. The van der Waals surface area contributed by atoms with Gasteiger partial charge in [-0.3, -0.25) is 0 Å². The highest BCUT2D eigenvalue weighted by Crippen LogP contribution is 2.22. The zero-order valence-corrected chi connectivity index (χ0v) is 15.2. The van der Waals surface area contributed by atoms with E-state index >= 15 is 0 Å². The van der Waals surface area contributed by atoms with Gasteiger partial charge in [-0.15, -0.1) is 0 Å². The molecule has 0 aliphatic carbocycles. The van der Waals surface area contributed by atoms with Gasteiger partial charge in [0.15, 0.2) is 0 Å². The van der Waals surface area contributed by atoms with Gasteiger partial charge < -0.3 is 10.2 Å². The number of piperidine rings is 1. The molecule has 0 amide bonds. The van der Waals surface area contributed by atoms with Gasteiger partial charge in [0.2, 0.25) is 0 Å². The van der Waals surface area contributed by atoms with Crippen molar-refractivity contribution in [1.82, 2.24) is 9.97 Å². The summed E-state index contributed by atoms with van der Waals surface area (Å²) in [5.74, 6) is 1.62. The molecule has 0 spiro atoms. The van der Waals surface area contributed by atoms with Crippen molar-refractivity contribution in [2.45, 2.75) is 25.3 Å². The lowest BCUT2D eigenvalue weighted by Crippen LogP contribution is -2.39. The fourth-order valence-corrected chi connectivity index (χ4v) is 3.48. The van der Waals surface area contributed by atoms with E-state index in [9.17, 15) is 4.39 Å². The summed E-state index contributed by atoms with van der Waals surface area (Å²) in [5.41, 5.74) is 1.80. The van der Waals surface area contributed by atoms with Gasteiger partial charge in [-0.05, 0) is 36.6 Å². The van der Waals surface area contributed by atoms with Gasteiger partial charge in [-0.1, -0.05) is 42.5 Å². The second-order valence-corrected chi connectivity index (χ2v) is 6.88. The van der Waals surface area contributed by atoms with Crippen LogP contribution in [0.25, 0.3) is 0 Å². The second-order valence-electron chi connectivity index (χ2n) is 6.88. The molecule has 1 aliphatic heterocycles. The SMILES string of the molecule is Fc1ccccc1NC1CCN(c2ccnc(Cc3ccccc3)n2)CC1. The van der Waals surface area contributed by atoms with Gasteiger partial charge in [-0.2, -0.15) is 0 Å². The van der Waals surface area contributed by atoms with Crippen LogP contribution in [0.4, 0.5) is 15.9 Å². The number of hydrogen-bond acceptors (Lipinski definition) is 4. The normalized spacial score (nSPS) is 14.9. The second kappa shape index (κ2) is 8.16. The van der Waals surface area contributed by atoms with Crippen molar-refractivity contribution in [3.8, 4) is 0 Å². The standard InChI is InChI=1S/C22H23FN4/c23-19-8-4-5-9-20(19)25-18-11-14-27(15-12-18)22-10-13-24-21(26-22)16-17-6-2-1-3-7-17/h1-10,13,18,25H,11-12,14-16H2. The lowest BCUT2D eigenvalue weighted by atomic mass is 10.0. The molecule has 1 saturated heterocycles. The predicted molar refractivity (Wildman–Crippen MR) is 107 cm³/mol. The van der Waals surface area contributed by atoms with Crippen molar-refractivity contribution < 1.29 is 4.39 Å². The molecule has 4 rings (SSSR count). The first kappa shape index (κ1) is 17.5. The molecule has 0 radical (unpaired) electrons. The quantitative estimate of drug-likeness (QED) is 0.735. The third kappa shape index (κ3) is 4.42. The van der Waals surface area contributed by atoms with Crippen molar-refractivity contribution in [3.63, 3.8) is 0 Å². The summed E-state index contributed by atoms with van der Waals surface area (Å²) in [6.07, 6.45) is 4.48. The molecule has 0 unspecified atom stereocenters. The van der Waals surface area contributed by atoms with Crippen LogP contribution in [0.1, 0.15) is 24.2 Å². The third-order valence-corrected chi connectivity index (χ3v) is 4.95. The van der Waals surface area contributed by atoms with Crippen molar-refractivity contribution in [2.75, 3.05) is 23.3 Å². The van der Waals surface area contributed by atoms with Gasteiger partial charge >= 0.3 is 0 Å². The molecule has 27 heavy (non-hydrogen) atoms. The maximum atomic E-state index is 13.8. The van der Waals surface area contributed by atoms with Crippen LogP contribution in [0.2, 0.25) is 0 Å². The summed E-state index contributed by atoms with van der Waals surface area (Å²) < 4.78 is 13.8. The maximum Gasteiger partial charge on any atom is 0.146 e. The number of nitrogens with zero attached hydrogens (tertiary/aromatic N) is 3. The summed E-state index contributed by atoms with van der Waals surface area (Å²) in [6, 6.07) is 19.4. The van der Waals surface area contributed by atoms with Crippen LogP contribution in [-0.2, 0) is 6.42 Å². The Labute approximate surface area is 159 Å². The summed E-state index contributed by atoms with van der Waals surface area (Å²) in [7, 11) is 0. The number of hydrogen-bond donors (Lipinski definition) is 1. The zero-order valence-electron chi connectivity index (χ0n) is 15.2. The molecule has 1 aromatic heterocycles. The predicted octanol–water partition coefficient (Wildman–Crippen LogP) is 4.29. The first-order valence-electron chi connectivity index (χ1n) is 9.40. The Balaban J connectivity index is 1.37. The molecular formula is C22H23FN4. The average molecular weight is 362 g/mol. The van der Waals surface area contributed by atoms with E-state index in [0.717, 1.165) is 44.0 Å². The molecule has 5 heteroatoms. The largest absolute Gasteiger partial charge is 0.380 e. The van der Waals surface area contributed by atoms with E-state index in [4.69, 9.17) is 4.98 Å². The van der Waals surface area contributed by atoms with Crippen molar-refractivity contribution in [3.05, 3.63) is 84.1 Å². The van der Waals surface area contributed by atoms with Crippen LogP contribution in [0.5, 0.6) is 0 Å². The van der Waals surface area contributed by atoms with E-state index in [1.54, 1.807) is 12.1 Å². The molecule has 1 fully saturated rings. The number of benzene rings is 2. The van der Waals surface area contributed by atoms with Crippen LogP contribution in [0, 0.1) is 5.82 Å². The van der Waals surface area contributed by atoms with Gasteiger partial charge in [0, 0.05) is 31.7 Å². The van der Waals surface area contributed by atoms with Gasteiger partial charge in [0.1, 0.15) is 17.5 Å². The molecule has 3 aromatic rings. The molecule has 0 atom stereocenters. The molecule has 4 nitrogen and oxygen atoms in total. The number of anilines is 2. The topological polar surface area (TPSA) is 41.0 Å². The van der Waals surface area contributed by atoms with Gasteiger partial charge in [0.25, 0.3) is 0 Å². The Kier molecular flexibility index (Phi) is 5.28. The highest BCUT2D eigenvalue weighted by molar-refractivity contribution is 5.46. The van der Waals surface area contributed by atoms with Crippen LogP contribution in [-0.4, -0.2) is 29.1 Å². The minimum atomic E-state index is -0.193. The van der Waals surface area contributed by atoms with E-state index in [2.05, 4.69) is 27.3 Å². The van der Waals surface area contributed by atoms with E-state index in [-0.39, 0.29) is 11.9 Å². The van der Waals surface area contributed by atoms with Gasteiger partial charge in [0.05, 0.1) is 5.69 Å². The molecule has 0 bridgehead atoms. The van der Waals surface area contributed by atoms with Crippen LogP contribution >= 0.6 is 0 Å². The fourth-order valence-electron chi connectivity index (χ4n) is 3.48. The van der Waals surface area contributed by atoms with Crippen molar-refractivity contribution >= 4 is 11.5 Å². The smallest absolute Gasteiger partial charge is 0.146 e. The highest BCUT2D eigenvalue weighted by Gasteiger charge is 2.21. The monoisotopic (exact) mass is 362 g/mol. The number of rotatable bonds is 5. The lowest BCUT2D eigenvalue weighted by molar-refractivity contribution is 0.519. The Hall–Kier alpha value is -2.95. The van der Waals surface area contributed by atoms with Crippen LogP contribution in [0.15, 0.2) is 66.9 Å². The zero-order chi connectivity index (χ0) is 18.5. The number of para-hydroxylation sites is 1. The molecule has 1 aliphatic rings. The van der Waals surface area contributed by atoms with E-state index < -0.39 is 0 Å². The fraction of sp³-hybridized carbons (Fsp3) is 0.273. The van der Waals surface area contributed by atoms with Crippen LogP contribution in [0.3, 0.4) is 0 Å². The molecule has 138 valence electrons. The molecular weight excluding hydrogens is 339 g/mol. The Bertz CT molecular complexity index is 876. The Morgan fingerprint density at radius 1 is 0.963 bits per heavy atom. The molecule has 2 heterocycles. The van der Waals surface area contributed by atoms with Crippen molar-refractivity contribution in [1.29, 1.82) is 0 Å². The minimum absolute atomic E-state index is 0.193. The first-order valence-corrected chi connectivity index (χ1v) is 9.40. The van der Waals surface area contributed by atoms with Crippen LogP contribution < -0.4 is 10.2 Å². The van der Waals surface area contributed by atoms with E-state index in [0.29, 0.717) is 5.69 Å². The molecule has 2 aromatic carbocycles. The summed E-state index contributed by atoms with van der Waals surface area (Å²) in [6.45, 7) is 1.79. The number of aromatic nitrogens is 2. The number of halogens is 1. The summed E-state index contributed by atoms with van der Waals surface area (Å²) in [4.78, 5) is 11.5. The summed E-state index contributed by atoms with van der Waals surface area (Å²) in [5, 5.41) is 3.33. The van der Waals surface area contributed by atoms with E-state index in [1.807, 2.05) is 36.5 Å². The van der Waals surface area contributed by atoms with Crippen molar-refractivity contribution in [2.24, 2.45) is 0 Å².